The maximum Gasteiger partial charge on any atom is 0.400 e. The fraction of sp³-hybridized carbons (Fsp3) is 1.00. The second-order valence-electron chi connectivity index (χ2n) is 3.67. The fourth-order valence-corrected chi connectivity index (χ4v) is 0.938. The molecule has 0 aromatic rings. The average Bonchev–Trinajstić information content (AvgIpc) is 2.25. The molecule has 0 rings (SSSR count). The van der Waals surface area contributed by atoms with Gasteiger partial charge in [0.15, 0.2) is 0 Å². The minimum absolute atomic E-state index is 4.98. The summed E-state index contributed by atoms with van der Waals surface area (Å²) in [6.45, 7) is 0. The van der Waals surface area contributed by atoms with Crippen LogP contribution >= 0.6 is 0 Å². The van der Waals surface area contributed by atoms with Crippen LogP contribution in [-0.2, 0) is 0 Å². The van der Waals surface area contributed by atoms with E-state index in [9.17, 15) is 52.7 Å². The van der Waals surface area contributed by atoms with Crippen molar-refractivity contribution in [3.63, 3.8) is 0 Å². The average molecular weight is 348 g/mol. The van der Waals surface area contributed by atoms with E-state index in [1.54, 1.807) is 0 Å². The number of alkyl halides is 12. The molecule has 21 heavy (non-hydrogen) atoms. The van der Waals surface area contributed by atoms with Crippen LogP contribution < -0.4 is 0 Å². The summed E-state index contributed by atoms with van der Waals surface area (Å²) in [5.41, 5.74) is 0. The molecule has 128 valence electrons. The lowest BCUT2D eigenvalue weighted by Crippen LogP contribution is -2.70. The van der Waals surface area contributed by atoms with Gasteiger partial charge in [-0.05, 0) is 0 Å². The van der Waals surface area contributed by atoms with Gasteiger partial charge in [-0.1, -0.05) is 0 Å². The van der Waals surface area contributed by atoms with Crippen LogP contribution in [0.1, 0.15) is 0 Å². The number of hydrogen-bond donors (Lipinski definition) is 2. The molecule has 2 nitrogen and oxygen atoms in total. The maximum atomic E-state index is 12.7. The summed E-state index contributed by atoms with van der Waals surface area (Å²) in [5.74, 6) is -29.6. The van der Waals surface area contributed by atoms with E-state index < -0.39 is 42.3 Å². The number of hydrogen-bond acceptors (Lipinski definition) is 2. The second kappa shape index (κ2) is 5.07. The van der Waals surface area contributed by atoms with Crippen molar-refractivity contribution in [2.75, 3.05) is 0 Å². The molecule has 0 saturated heterocycles. The van der Waals surface area contributed by atoms with E-state index in [1.165, 1.54) is 0 Å². The van der Waals surface area contributed by atoms with Crippen molar-refractivity contribution in [3.05, 3.63) is 0 Å². The standard InChI is InChI=1S/C7H4F12O2/c8-1(2(9)10)3(11,12)4(13,14)5(15,16)6(17,18)7(19,20)21/h1-2,20-21H. The van der Waals surface area contributed by atoms with Gasteiger partial charge in [-0.15, -0.1) is 0 Å². The lowest BCUT2D eigenvalue weighted by atomic mass is 9.95. The summed E-state index contributed by atoms with van der Waals surface area (Å²) in [7, 11) is 0. The maximum absolute atomic E-state index is 12.7. The normalized spacial score (nSPS) is 17.3. The zero-order valence-electron chi connectivity index (χ0n) is 9.08. The Morgan fingerprint density at radius 3 is 1.14 bits per heavy atom. The van der Waals surface area contributed by atoms with E-state index in [1.807, 2.05) is 0 Å². The van der Waals surface area contributed by atoms with Gasteiger partial charge in [-0.3, -0.25) is 0 Å². The van der Waals surface area contributed by atoms with Crippen LogP contribution in [-0.4, -0.2) is 52.5 Å². The molecule has 0 bridgehead atoms. The van der Waals surface area contributed by atoms with Gasteiger partial charge in [0.2, 0.25) is 6.17 Å². The number of halogens is 12. The molecule has 0 radical (unpaired) electrons. The first-order valence-electron chi connectivity index (χ1n) is 4.42. The molecule has 0 aliphatic heterocycles. The summed E-state index contributed by atoms with van der Waals surface area (Å²) in [4.78, 5) is 0. The third kappa shape index (κ3) is 2.74. The van der Waals surface area contributed by atoms with Crippen LogP contribution in [0.4, 0.5) is 52.7 Å². The van der Waals surface area contributed by atoms with Crippen molar-refractivity contribution in [3.8, 4) is 0 Å². The predicted octanol–water partition coefficient (Wildman–Crippen LogP) is 2.74. The number of aliphatic hydroxyl groups is 2. The van der Waals surface area contributed by atoms with Crippen LogP contribution in [0.5, 0.6) is 0 Å². The highest BCUT2D eigenvalue weighted by Crippen LogP contribution is 2.57. The molecule has 0 aromatic heterocycles. The second-order valence-corrected chi connectivity index (χ2v) is 3.67. The monoisotopic (exact) mass is 348 g/mol. The van der Waals surface area contributed by atoms with Crippen molar-refractivity contribution < 1.29 is 62.9 Å². The molecule has 2 N–H and O–H groups in total. The van der Waals surface area contributed by atoms with Crippen LogP contribution in [0.3, 0.4) is 0 Å². The minimum atomic E-state index is -7.64. The predicted molar refractivity (Wildman–Crippen MR) is 39.0 cm³/mol. The van der Waals surface area contributed by atoms with Gasteiger partial charge in [0.05, 0.1) is 0 Å². The Balaban J connectivity index is 6.01. The molecule has 0 heterocycles. The summed E-state index contributed by atoms with van der Waals surface area (Å²) < 4.78 is 148. The SMILES string of the molecule is OC(O)(F)C(F)(F)C(F)(F)C(F)(F)C(F)(F)C(F)C(F)F. The van der Waals surface area contributed by atoms with E-state index in [2.05, 4.69) is 0 Å². The van der Waals surface area contributed by atoms with Crippen LogP contribution in [0.15, 0.2) is 0 Å². The van der Waals surface area contributed by atoms with E-state index in [0.29, 0.717) is 0 Å². The molecular formula is C7H4F12O2. The first-order chi connectivity index (χ1) is 8.85. The Labute approximate surface area is 107 Å². The summed E-state index contributed by atoms with van der Waals surface area (Å²) in [5, 5.41) is 15.2. The Bertz CT molecular complexity index is 372. The van der Waals surface area contributed by atoms with Gasteiger partial charge in [-0.25, -0.2) is 13.2 Å². The first kappa shape index (κ1) is 20.1. The van der Waals surface area contributed by atoms with Crippen molar-refractivity contribution in [2.45, 2.75) is 42.3 Å². The molecular weight excluding hydrogens is 344 g/mol. The zero-order valence-corrected chi connectivity index (χ0v) is 9.08. The van der Waals surface area contributed by atoms with Crippen molar-refractivity contribution in [1.29, 1.82) is 0 Å². The molecule has 1 unspecified atom stereocenters. The van der Waals surface area contributed by atoms with Gasteiger partial charge in [0.1, 0.15) is 0 Å². The summed E-state index contributed by atoms with van der Waals surface area (Å²) in [6, 6.07) is -6.42. The van der Waals surface area contributed by atoms with Crippen LogP contribution in [0.2, 0.25) is 0 Å². The Morgan fingerprint density at radius 1 is 0.571 bits per heavy atom. The lowest BCUT2D eigenvalue weighted by Gasteiger charge is -2.39. The third-order valence-corrected chi connectivity index (χ3v) is 2.17. The van der Waals surface area contributed by atoms with Crippen LogP contribution in [0, 0.1) is 0 Å². The Morgan fingerprint density at radius 2 is 0.905 bits per heavy atom. The van der Waals surface area contributed by atoms with E-state index in [4.69, 9.17) is 10.2 Å². The summed E-state index contributed by atoms with van der Waals surface area (Å²) >= 11 is 0. The Hall–Kier alpha value is -0.920. The molecule has 0 amide bonds. The van der Waals surface area contributed by atoms with Crippen LogP contribution in [0.25, 0.3) is 0 Å². The highest BCUT2D eigenvalue weighted by molar-refractivity contribution is 5.08. The van der Waals surface area contributed by atoms with Gasteiger partial charge in [-0.2, -0.15) is 39.5 Å². The largest absolute Gasteiger partial charge is 0.400 e. The van der Waals surface area contributed by atoms with Gasteiger partial charge >= 0.3 is 29.7 Å². The minimum Gasteiger partial charge on any atom is -0.335 e. The van der Waals surface area contributed by atoms with Crippen molar-refractivity contribution >= 4 is 0 Å². The number of rotatable bonds is 6. The molecule has 0 aliphatic rings. The molecule has 0 aliphatic carbocycles. The van der Waals surface area contributed by atoms with E-state index >= 15 is 0 Å². The quantitative estimate of drug-likeness (QED) is 0.573. The lowest BCUT2D eigenvalue weighted by molar-refractivity contribution is -0.459. The first-order valence-corrected chi connectivity index (χ1v) is 4.42. The smallest absolute Gasteiger partial charge is 0.335 e. The summed E-state index contributed by atoms with van der Waals surface area (Å²) in [6.07, 6.45) is -10.3. The van der Waals surface area contributed by atoms with Crippen molar-refractivity contribution in [2.24, 2.45) is 0 Å². The zero-order chi connectivity index (χ0) is 17.7. The molecule has 0 aromatic carbocycles. The molecule has 0 fully saturated rings. The fourth-order valence-electron chi connectivity index (χ4n) is 0.938. The molecule has 14 heteroatoms. The molecule has 0 spiro atoms. The Kier molecular flexibility index (Phi) is 4.85. The van der Waals surface area contributed by atoms with Gasteiger partial charge in [0.25, 0.3) is 6.43 Å². The highest BCUT2D eigenvalue weighted by Gasteiger charge is 2.87. The molecule has 0 saturated carbocycles. The van der Waals surface area contributed by atoms with Gasteiger partial charge in [0, 0.05) is 0 Å². The van der Waals surface area contributed by atoms with E-state index in [-0.39, 0.29) is 0 Å². The van der Waals surface area contributed by atoms with Gasteiger partial charge < -0.3 is 10.2 Å². The highest BCUT2D eigenvalue weighted by atomic mass is 19.4. The molecule has 1 atom stereocenters. The van der Waals surface area contributed by atoms with Crippen molar-refractivity contribution in [1.82, 2.24) is 0 Å². The third-order valence-electron chi connectivity index (χ3n) is 2.17. The van der Waals surface area contributed by atoms with E-state index in [0.717, 1.165) is 0 Å². The topological polar surface area (TPSA) is 40.5 Å².